The van der Waals surface area contributed by atoms with E-state index < -0.39 is 21.8 Å². The van der Waals surface area contributed by atoms with Crippen LogP contribution in [0.25, 0.3) is 0 Å². The van der Waals surface area contributed by atoms with Crippen LogP contribution in [0, 0.1) is 0 Å². The summed E-state index contributed by atoms with van der Waals surface area (Å²) in [5, 5.41) is 2.19. The Morgan fingerprint density at radius 1 is 1.04 bits per heavy atom. The highest BCUT2D eigenvalue weighted by Gasteiger charge is 2.32. The molecule has 2 amide bonds. The molecule has 0 radical (unpaired) electrons. The van der Waals surface area contributed by atoms with Gasteiger partial charge < -0.3 is 9.64 Å². The van der Waals surface area contributed by atoms with E-state index in [1.54, 1.807) is 17.0 Å². The number of nitrogens with one attached hydrogen (secondary N) is 1. The number of ether oxygens (including phenoxy) is 1. The summed E-state index contributed by atoms with van der Waals surface area (Å²) in [5.74, 6) is -0.294. The quantitative estimate of drug-likeness (QED) is 0.738. The van der Waals surface area contributed by atoms with Gasteiger partial charge in [0.1, 0.15) is 11.4 Å². The van der Waals surface area contributed by atoms with Crippen LogP contribution in [-0.2, 0) is 19.6 Å². The zero-order chi connectivity index (χ0) is 17.3. The Kier molecular flexibility index (Phi) is 4.29. The van der Waals surface area contributed by atoms with Gasteiger partial charge in [0.25, 0.3) is 11.8 Å². The lowest BCUT2D eigenvalue weighted by molar-refractivity contribution is -0.124. The first kappa shape index (κ1) is 16.5. The smallest absolute Gasteiger partial charge is 0.274 e. The molecular weight excluding hydrogens is 334 g/mol. The van der Waals surface area contributed by atoms with E-state index in [4.69, 9.17) is 4.74 Å². The van der Waals surface area contributed by atoms with E-state index in [2.05, 4.69) is 5.32 Å². The van der Waals surface area contributed by atoms with Crippen LogP contribution in [0.15, 0.2) is 40.9 Å². The fraction of sp³-hybridized carbons (Fsp3) is 0.333. The van der Waals surface area contributed by atoms with Crippen molar-refractivity contribution < 1.29 is 22.7 Å². The van der Waals surface area contributed by atoms with Crippen LogP contribution in [-0.4, -0.2) is 62.7 Å². The van der Waals surface area contributed by atoms with E-state index in [1.807, 2.05) is 0 Å². The number of carbonyl (C=O) groups is 2. The zero-order valence-electron chi connectivity index (χ0n) is 13.1. The predicted molar refractivity (Wildman–Crippen MR) is 84.6 cm³/mol. The van der Waals surface area contributed by atoms with Crippen molar-refractivity contribution in [3.8, 4) is 5.75 Å². The number of rotatable bonds is 4. The van der Waals surface area contributed by atoms with E-state index in [1.165, 1.54) is 29.6 Å². The number of methoxy groups -OCH3 is 1. The fourth-order valence-corrected chi connectivity index (χ4v) is 4.12. The standard InChI is InChI=1S/C15H17N3O5S/c1-23-11-2-4-12(5-3-11)24(21,22)18-8-6-17(7-9-18)13-10-14(19)16-15(13)20/h2-5,10H,6-9H2,1H3,(H,16,19,20). The highest BCUT2D eigenvalue weighted by Crippen LogP contribution is 2.22. The number of benzene rings is 1. The van der Waals surface area contributed by atoms with Crippen molar-refractivity contribution in [1.29, 1.82) is 0 Å². The van der Waals surface area contributed by atoms with Gasteiger partial charge in [0, 0.05) is 32.3 Å². The van der Waals surface area contributed by atoms with E-state index >= 15 is 0 Å². The number of carbonyl (C=O) groups excluding carboxylic acids is 2. The number of sulfonamides is 1. The van der Waals surface area contributed by atoms with E-state index in [-0.39, 0.29) is 18.0 Å². The Morgan fingerprint density at radius 3 is 2.17 bits per heavy atom. The topological polar surface area (TPSA) is 96.0 Å². The molecule has 0 aromatic heterocycles. The molecule has 9 heteroatoms. The van der Waals surface area contributed by atoms with Crippen molar-refractivity contribution in [1.82, 2.24) is 14.5 Å². The van der Waals surface area contributed by atoms with Crippen molar-refractivity contribution in [3.63, 3.8) is 0 Å². The molecule has 1 aromatic carbocycles. The van der Waals surface area contributed by atoms with Crippen LogP contribution in [0.1, 0.15) is 0 Å². The third-order valence-electron chi connectivity index (χ3n) is 4.01. The van der Waals surface area contributed by atoms with Gasteiger partial charge in [-0.3, -0.25) is 14.9 Å². The SMILES string of the molecule is COc1ccc(S(=O)(=O)N2CCN(C3=CC(=O)NC3=O)CC2)cc1. The van der Waals surface area contributed by atoms with Gasteiger partial charge in [-0.15, -0.1) is 0 Å². The molecular formula is C15H17N3O5S. The lowest BCUT2D eigenvalue weighted by Crippen LogP contribution is -2.49. The molecule has 1 fully saturated rings. The predicted octanol–water partition coefficient (Wildman–Crippen LogP) is -0.458. The van der Waals surface area contributed by atoms with Crippen LogP contribution in [0.5, 0.6) is 5.75 Å². The first-order valence-corrected chi connectivity index (χ1v) is 8.82. The summed E-state index contributed by atoms with van der Waals surface area (Å²) in [7, 11) is -2.08. The van der Waals surface area contributed by atoms with Gasteiger partial charge in [0.15, 0.2) is 0 Å². The minimum Gasteiger partial charge on any atom is -0.497 e. The van der Waals surface area contributed by atoms with Gasteiger partial charge in [-0.1, -0.05) is 0 Å². The molecule has 0 aliphatic carbocycles. The molecule has 3 rings (SSSR count). The second kappa shape index (κ2) is 6.25. The number of hydrogen-bond acceptors (Lipinski definition) is 6. The second-order valence-electron chi connectivity index (χ2n) is 5.41. The summed E-state index contributed by atoms with van der Waals surface area (Å²) >= 11 is 0. The molecule has 128 valence electrons. The van der Waals surface area contributed by atoms with E-state index in [0.717, 1.165) is 0 Å². The third-order valence-corrected chi connectivity index (χ3v) is 5.93. The molecule has 0 atom stereocenters. The molecule has 0 spiro atoms. The van der Waals surface area contributed by atoms with Gasteiger partial charge in [0.05, 0.1) is 12.0 Å². The number of amides is 2. The monoisotopic (exact) mass is 351 g/mol. The Bertz CT molecular complexity index is 793. The molecule has 2 aliphatic rings. The van der Waals surface area contributed by atoms with Crippen LogP contribution < -0.4 is 10.1 Å². The maximum absolute atomic E-state index is 12.6. The molecule has 0 unspecified atom stereocenters. The largest absolute Gasteiger partial charge is 0.497 e. The Labute approximate surface area is 139 Å². The Morgan fingerprint density at radius 2 is 1.67 bits per heavy atom. The van der Waals surface area contributed by atoms with Crippen molar-refractivity contribution in [2.45, 2.75) is 4.90 Å². The number of hydrogen-bond donors (Lipinski definition) is 1. The molecule has 2 aliphatic heterocycles. The maximum atomic E-state index is 12.6. The average molecular weight is 351 g/mol. The van der Waals surface area contributed by atoms with Gasteiger partial charge in [0.2, 0.25) is 10.0 Å². The summed E-state index contributed by atoms with van der Waals surface area (Å²) in [6.45, 7) is 1.18. The highest BCUT2D eigenvalue weighted by molar-refractivity contribution is 7.89. The zero-order valence-corrected chi connectivity index (χ0v) is 13.9. The van der Waals surface area contributed by atoms with Crippen LogP contribution >= 0.6 is 0 Å². The average Bonchev–Trinajstić information content (AvgIpc) is 2.93. The normalized spacial score (nSPS) is 19.2. The molecule has 0 saturated carbocycles. The fourth-order valence-electron chi connectivity index (χ4n) is 2.70. The molecule has 1 aromatic rings. The Balaban J connectivity index is 1.70. The van der Waals surface area contributed by atoms with Crippen molar-refractivity contribution in [2.24, 2.45) is 0 Å². The van der Waals surface area contributed by atoms with Crippen LogP contribution in [0.2, 0.25) is 0 Å². The van der Waals surface area contributed by atoms with Crippen molar-refractivity contribution in [3.05, 3.63) is 36.0 Å². The molecule has 1 N–H and O–H groups in total. The molecule has 0 bridgehead atoms. The van der Waals surface area contributed by atoms with E-state index in [9.17, 15) is 18.0 Å². The Hall–Kier alpha value is -2.39. The number of piperazine rings is 1. The first-order chi connectivity index (χ1) is 11.4. The summed E-state index contributed by atoms with van der Waals surface area (Å²) in [6.07, 6.45) is 1.25. The van der Waals surface area contributed by atoms with Crippen LogP contribution in [0.4, 0.5) is 0 Å². The third kappa shape index (κ3) is 3.00. The summed E-state index contributed by atoms with van der Waals surface area (Å²) in [4.78, 5) is 24.8. The summed E-state index contributed by atoms with van der Waals surface area (Å²) in [5.41, 5.74) is 0.293. The lowest BCUT2D eigenvalue weighted by Gasteiger charge is -2.35. The minimum atomic E-state index is -3.59. The molecule has 8 nitrogen and oxygen atoms in total. The summed E-state index contributed by atoms with van der Waals surface area (Å²) in [6, 6.07) is 6.21. The lowest BCUT2D eigenvalue weighted by atomic mass is 10.3. The molecule has 24 heavy (non-hydrogen) atoms. The minimum absolute atomic E-state index is 0.199. The number of nitrogens with zero attached hydrogens (tertiary/aromatic N) is 2. The second-order valence-corrected chi connectivity index (χ2v) is 7.35. The van der Waals surface area contributed by atoms with Gasteiger partial charge in [-0.2, -0.15) is 4.31 Å². The number of imide groups is 1. The summed E-state index contributed by atoms with van der Waals surface area (Å²) < 4.78 is 31.7. The maximum Gasteiger partial charge on any atom is 0.274 e. The highest BCUT2D eigenvalue weighted by atomic mass is 32.2. The molecule has 1 saturated heterocycles. The van der Waals surface area contributed by atoms with Crippen molar-refractivity contribution >= 4 is 21.8 Å². The van der Waals surface area contributed by atoms with Crippen LogP contribution in [0.3, 0.4) is 0 Å². The van der Waals surface area contributed by atoms with Gasteiger partial charge in [-0.25, -0.2) is 8.42 Å². The van der Waals surface area contributed by atoms with Crippen molar-refractivity contribution in [2.75, 3.05) is 33.3 Å². The van der Waals surface area contributed by atoms with Gasteiger partial charge >= 0.3 is 0 Å². The van der Waals surface area contributed by atoms with Gasteiger partial charge in [-0.05, 0) is 24.3 Å². The molecule has 2 heterocycles. The first-order valence-electron chi connectivity index (χ1n) is 7.38. The van der Waals surface area contributed by atoms with E-state index in [0.29, 0.717) is 24.5 Å².